The summed E-state index contributed by atoms with van der Waals surface area (Å²) in [7, 11) is 0. The fourth-order valence-electron chi connectivity index (χ4n) is 3.34. The highest BCUT2D eigenvalue weighted by molar-refractivity contribution is 5.94. The standard InChI is InChI=1S/C19H28N4O3/c1-14-5-7-22(8-6-14)19(25)16-3-4-17(20-13-16)21-15(2)18(24)23-9-11-26-12-10-23/h3-4,13-15H,5-12H2,1-2H3,(H,20,21). The number of nitrogens with one attached hydrogen (secondary N) is 1. The number of nitrogens with zero attached hydrogens (tertiary/aromatic N) is 3. The van der Waals surface area contributed by atoms with Gasteiger partial charge in [0.25, 0.3) is 5.91 Å². The number of carbonyl (C=O) groups is 2. The number of likely N-dealkylation sites (tertiary alicyclic amines) is 1. The van der Waals surface area contributed by atoms with Crippen molar-refractivity contribution in [3.8, 4) is 0 Å². The number of ether oxygens (including phenoxy) is 1. The zero-order chi connectivity index (χ0) is 18.5. The van der Waals surface area contributed by atoms with Gasteiger partial charge in [0.1, 0.15) is 11.9 Å². The predicted molar refractivity (Wildman–Crippen MR) is 99.0 cm³/mol. The van der Waals surface area contributed by atoms with Crippen LogP contribution >= 0.6 is 0 Å². The van der Waals surface area contributed by atoms with Gasteiger partial charge >= 0.3 is 0 Å². The number of pyridine rings is 1. The molecule has 2 aliphatic rings. The molecule has 3 rings (SSSR count). The summed E-state index contributed by atoms with van der Waals surface area (Å²) in [5.74, 6) is 1.36. The van der Waals surface area contributed by atoms with E-state index in [9.17, 15) is 9.59 Å². The molecule has 7 nitrogen and oxygen atoms in total. The lowest BCUT2D eigenvalue weighted by Crippen LogP contribution is -2.47. The van der Waals surface area contributed by atoms with Crippen LogP contribution in [-0.4, -0.2) is 72.0 Å². The Morgan fingerprint density at radius 3 is 2.46 bits per heavy atom. The smallest absolute Gasteiger partial charge is 0.255 e. The Labute approximate surface area is 154 Å². The van der Waals surface area contributed by atoms with E-state index < -0.39 is 0 Å². The first-order chi connectivity index (χ1) is 12.5. The second-order valence-corrected chi connectivity index (χ2v) is 7.21. The molecular formula is C19H28N4O3. The average Bonchev–Trinajstić information content (AvgIpc) is 2.68. The lowest BCUT2D eigenvalue weighted by molar-refractivity contribution is -0.135. The van der Waals surface area contributed by atoms with Crippen LogP contribution in [-0.2, 0) is 9.53 Å². The van der Waals surface area contributed by atoms with Crippen molar-refractivity contribution in [2.24, 2.45) is 5.92 Å². The Bertz CT molecular complexity index is 620. The minimum atomic E-state index is -0.370. The summed E-state index contributed by atoms with van der Waals surface area (Å²) in [4.78, 5) is 33.0. The maximum absolute atomic E-state index is 12.5. The molecule has 0 aliphatic carbocycles. The number of aromatic nitrogens is 1. The summed E-state index contributed by atoms with van der Waals surface area (Å²) in [6.07, 6.45) is 3.70. The first-order valence-electron chi connectivity index (χ1n) is 9.43. The molecule has 0 bridgehead atoms. The van der Waals surface area contributed by atoms with E-state index in [0.717, 1.165) is 25.9 Å². The van der Waals surface area contributed by atoms with Crippen molar-refractivity contribution >= 4 is 17.6 Å². The molecule has 0 saturated carbocycles. The number of anilines is 1. The van der Waals surface area contributed by atoms with Gasteiger partial charge in [-0.2, -0.15) is 0 Å². The van der Waals surface area contributed by atoms with E-state index in [0.29, 0.717) is 43.6 Å². The number of carbonyl (C=O) groups excluding carboxylic acids is 2. The first-order valence-corrected chi connectivity index (χ1v) is 9.43. The van der Waals surface area contributed by atoms with Crippen molar-refractivity contribution in [2.45, 2.75) is 32.7 Å². The molecule has 2 saturated heterocycles. The fourth-order valence-corrected chi connectivity index (χ4v) is 3.34. The SMILES string of the molecule is CC1CCN(C(=O)c2ccc(NC(C)C(=O)N3CCOCC3)nc2)CC1. The maximum Gasteiger partial charge on any atom is 0.255 e. The van der Waals surface area contributed by atoms with Crippen molar-refractivity contribution in [3.63, 3.8) is 0 Å². The van der Waals surface area contributed by atoms with Gasteiger partial charge in [0, 0.05) is 32.4 Å². The molecule has 1 N–H and O–H groups in total. The Kier molecular flexibility index (Phi) is 6.08. The molecule has 0 spiro atoms. The second kappa shape index (κ2) is 8.49. The molecule has 2 aliphatic heterocycles. The number of morpholine rings is 1. The third-order valence-corrected chi connectivity index (χ3v) is 5.14. The van der Waals surface area contributed by atoms with E-state index in [1.807, 2.05) is 11.8 Å². The van der Waals surface area contributed by atoms with E-state index in [-0.39, 0.29) is 17.9 Å². The van der Waals surface area contributed by atoms with Crippen molar-refractivity contribution in [3.05, 3.63) is 23.9 Å². The van der Waals surface area contributed by atoms with E-state index in [1.54, 1.807) is 23.2 Å². The van der Waals surface area contributed by atoms with Gasteiger partial charge < -0.3 is 19.9 Å². The van der Waals surface area contributed by atoms with Gasteiger partial charge in [-0.05, 0) is 37.8 Å². The summed E-state index contributed by atoms with van der Waals surface area (Å²) in [6.45, 7) is 8.10. The molecule has 3 heterocycles. The van der Waals surface area contributed by atoms with E-state index >= 15 is 0 Å². The first kappa shape index (κ1) is 18.6. The largest absolute Gasteiger partial charge is 0.378 e. The molecule has 1 unspecified atom stereocenters. The number of piperidine rings is 1. The molecule has 0 radical (unpaired) electrons. The highest BCUT2D eigenvalue weighted by atomic mass is 16.5. The Balaban J connectivity index is 1.55. The van der Waals surface area contributed by atoms with Gasteiger partial charge in [-0.25, -0.2) is 4.98 Å². The van der Waals surface area contributed by atoms with Crippen LogP contribution in [0, 0.1) is 5.92 Å². The summed E-state index contributed by atoms with van der Waals surface area (Å²) in [6, 6.07) is 3.18. The average molecular weight is 360 g/mol. The van der Waals surface area contributed by atoms with Crippen molar-refractivity contribution in [1.82, 2.24) is 14.8 Å². The van der Waals surface area contributed by atoms with E-state index in [4.69, 9.17) is 4.74 Å². The van der Waals surface area contributed by atoms with Crippen LogP contribution in [0.1, 0.15) is 37.0 Å². The maximum atomic E-state index is 12.5. The van der Waals surface area contributed by atoms with Crippen molar-refractivity contribution in [2.75, 3.05) is 44.7 Å². The van der Waals surface area contributed by atoms with Gasteiger partial charge in [-0.1, -0.05) is 6.92 Å². The Hall–Kier alpha value is -2.15. The Morgan fingerprint density at radius 1 is 1.15 bits per heavy atom. The topological polar surface area (TPSA) is 74.8 Å². The molecular weight excluding hydrogens is 332 g/mol. The summed E-state index contributed by atoms with van der Waals surface area (Å²) >= 11 is 0. The van der Waals surface area contributed by atoms with Gasteiger partial charge in [-0.3, -0.25) is 9.59 Å². The fraction of sp³-hybridized carbons (Fsp3) is 0.632. The second-order valence-electron chi connectivity index (χ2n) is 7.21. The number of rotatable bonds is 4. The predicted octanol–water partition coefficient (Wildman–Crippen LogP) is 1.61. The summed E-state index contributed by atoms with van der Waals surface area (Å²) in [5, 5.41) is 3.12. The van der Waals surface area contributed by atoms with Gasteiger partial charge in [0.05, 0.1) is 18.8 Å². The van der Waals surface area contributed by atoms with Crippen LogP contribution < -0.4 is 5.32 Å². The molecule has 1 aromatic rings. The summed E-state index contributed by atoms with van der Waals surface area (Å²) in [5.41, 5.74) is 0.595. The molecule has 26 heavy (non-hydrogen) atoms. The zero-order valence-corrected chi connectivity index (χ0v) is 15.6. The highest BCUT2D eigenvalue weighted by Gasteiger charge is 2.24. The number of hydrogen-bond donors (Lipinski definition) is 1. The zero-order valence-electron chi connectivity index (χ0n) is 15.6. The van der Waals surface area contributed by atoms with Crippen molar-refractivity contribution < 1.29 is 14.3 Å². The molecule has 142 valence electrons. The minimum Gasteiger partial charge on any atom is -0.378 e. The van der Waals surface area contributed by atoms with Crippen LogP contribution in [0.15, 0.2) is 18.3 Å². The molecule has 7 heteroatoms. The normalized spacial score (nSPS) is 19.9. The van der Waals surface area contributed by atoms with Crippen LogP contribution in [0.3, 0.4) is 0 Å². The molecule has 0 aromatic carbocycles. The number of amides is 2. The lowest BCUT2D eigenvalue weighted by Gasteiger charge is -2.30. The van der Waals surface area contributed by atoms with Crippen LogP contribution in [0.2, 0.25) is 0 Å². The molecule has 1 atom stereocenters. The van der Waals surface area contributed by atoms with Crippen molar-refractivity contribution in [1.29, 1.82) is 0 Å². The Morgan fingerprint density at radius 2 is 1.85 bits per heavy atom. The third kappa shape index (κ3) is 4.52. The van der Waals surface area contributed by atoms with E-state index in [1.165, 1.54) is 0 Å². The number of hydrogen-bond acceptors (Lipinski definition) is 5. The quantitative estimate of drug-likeness (QED) is 0.883. The van der Waals surface area contributed by atoms with Crippen LogP contribution in [0.5, 0.6) is 0 Å². The van der Waals surface area contributed by atoms with Crippen LogP contribution in [0.25, 0.3) is 0 Å². The van der Waals surface area contributed by atoms with Crippen LogP contribution in [0.4, 0.5) is 5.82 Å². The van der Waals surface area contributed by atoms with Gasteiger partial charge in [0.15, 0.2) is 0 Å². The molecule has 1 aromatic heterocycles. The lowest BCUT2D eigenvalue weighted by atomic mass is 9.99. The highest BCUT2D eigenvalue weighted by Crippen LogP contribution is 2.18. The van der Waals surface area contributed by atoms with E-state index in [2.05, 4.69) is 17.2 Å². The molecule has 2 amide bonds. The minimum absolute atomic E-state index is 0.0355. The monoisotopic (exact) mass is 360 g/mol. The van der Waals surface area contributed by atoms with Gasteiger partial charge in [0.2, 0.25) is 5.91 Å². The summed E-state index contributed by atoms with van der Waals surface area (Å²) < 4.78 is 5.28. The third-order valence-electron chi connectivity index (χ3n) is 5.14. The molecule has 2 fully saturated rings. The van der Waals surface area contributed by atoms with Gasteiger partial charge in [-0.15, -0.1) is 0 Å².